The van der Waals surface area contributed by atoms with E-state index < -0.39 is 8.07 Å². The van der Waals surface area contributed by atoms with Crippen molar-refractivity contribution < 1.29 is 9.47 Å². The minimum Gasteiger partial charge on any atom is -0.456 e. The van der Waals surface area contributed by atoms with Crippen LogP contribution < -0.4 is 4.74 Å². The summed E-state index contributed by atoms with van der Waals surface area (Å²) in [6, 6.07) is 10.5. The van der Waals surface area contributed by atoms with Gasteiger partial charge in [0.1, 0.15) is 28.8 Å². The van der Waals surface area contributed by atoms with Crippen molar-refractivity contribution in [2.75, 3.05) is 6.61 Å². The minimum absolute atomic E-state index is 0.402. The van der Waals surface area contributed by atoms with Crippen LogP contribution in [0.25, 0.3) is 33.3 Å². The Hall–Kier alpha value is -3.27. The van der Waals surface area contributed by atoms with Crippen LogP contribution in [0, 0.1) is 0 Å². The number of nitrogens with one attached hydrogen (secondary N) is 1. The highest BCUT2D eigenvalue weighted by Gasteiger charge is 2.14. The van der Waals surface area contributed by atoms with Crippen molar-refractivity contribution in [1.29, 1.82) is 0 Å². The van der Waals surface area contributed by atoms with E-state index in [-0.39, 0.29) is 0 Å². The van der Waals surface area contributed by atoms with Gasteiger partial charge in [-0.15, -0.1) is 0 Å². The largest absolute Gasteiger partial charge is 0.456 e. The smallest absolute Gasteiger partial charge is 0.148 e. The van der Waals surface area contributed by atoms with Crippen LogP contribution in [0.4, 0.5) is 0 Å². The Morgan fingerprint density at radius 3 is 2.71 bits per heavy atom. The number of aromatic amines is 1. The van der Waals surface area contributed by atoms with Gasteiger partial charge in [-0.05, 0) is 30.3 Å². The number of imidazole rings is 1. The molecule has 0 aliphatic rings. The van der Waals surface area contributed by atoms with Gasteiger partial charge in [0.25, 0.3) is 0 Å². The quantitative estimate of drug-likeness (QED) is 0.207. The number of fused-ring (bicyclic) bond motifs is 2. The first-order valence-corrected chi connectivity index (χ1v) is 15.1. The van der Waals surface area contributed by atoms with Crippen molar-refractivity contribution in [3.8, 4) is 22.8 Å². The molecule has 1 N–H and O–H groups in total. The van der Waals surface area contributed by atoms with Gasteiger partial charge in [0.05, 0.1) is 41.0 Å². The topological polar surface area (TPSA) is 90.7 Å². The van der Waals surface area contributed by atoms with Crippen LogP contribution in [-0.2, 0) is 11.5 Å². The van der Waals surface area contributed by atoms with Crippen molar-refractivity contribution in [1.82, 2.24) is 29.7 Å². The van der Waals surface area contributed by atoms with Gasteiger partial charge in [-0.1, -0.05) is 31.2 Å². The molecule has 0 unspecified atom stereocenters. The fourth-order valence-electron chi connectivity index (χ4n) is 3.51. The van der Waals surface area contributed by atoms with E-state index in [1.165, 1.54) is 0 Å². The minimum atomic E-state index is -1.13. The second-order valence-corrected chi connectivity index (χ2v) is 15.3. The van der Waals surface area contributed by atoms with Crippen molar-refractivity contribution in [3.63, 3.8) is 0 Å². The van der Waals surface area contributed by atoms with E-state index in [4.69, 9.17) is 21.1 Å². The average Bonchev–Trinajstić information content (AvgIpc) is 3.48. The molecule has 0 aliphatic heterocycles. The van der Waals surface area contributed by atoms with Crippen molar-refractivity contribution >= 4 is 41.7 Å². The molecule has 5 rings (SSSR count). The van der Waals surface area contributed by atoms with E-state index in [0.29, 0.717) is 40.0 Å². The molecular formula is C24H25ClN6O2Si. The second-order valence-electron chi connectivity index (χ2n) is 9.30. The number of nitrogens with zero attached hydrogens (tertiary/aromatic N) is 5. The molecule has 0 atom stereocenters. The van der Waals surface area contributed by atoms with Crippen LogP contribution in [-0.4, -0.2) is 44.4 Å². The van der Waals surface area contributed by atoms with Crippen molar-refractivity contribution in [2.45, 2.75) is 32.4 Å². The van der Waals surface area contributed by atoms with E-state index in [0.717, 1.165) is 29.2 Å². The molecule has 0 saturated carbocycles. The maximum atomic E-state index is 6.69. The van der Waals surface area contributed by atoms with Crippen LogP contribution in [0.2, 0.25) is 30.7 Å². The second kappa shape index (κ2) is 9.17. The van der Waals surface area contributed by atoms with Crippen LogP contribution in [0.5, 0.6) is 11.5 Å². The highest BCUT2D eigenvalue weighted by molar-refractivity contribution is 6.76. The third-order valence-electron chi connectivity index (χ3n) is 5.46. The number of halogens is 1. The molecule has 34 heavy (non-hydrogen) atoms. The first-order valence-electron chi connectivity index (χ1n) is 11.0. The number of H-pyrrole nitrogens is 1. The monoisotopic (exact) mass is 492 g/mol. The molecule has 5 aromatic rings. The molecule has 174 valence electrons. The third-order valence-corrected chi connectivity index (χ3v) is 7.53. The highest BCUT2D eigenvalue weighted by atomic mass is 35.5. The van der Waals surface area contributed by atoms with Gasteiger partial charge in [-0.3, -0.25) is 10.1 Å². The van der Waals surface area contributed by atoms with Gasteiger partial charge < -0.3 is 14.0 Å². The summed E-state index contributed by atoms with van der Waals surface area (Å²) in [5.74, 6) is 1.15. The summed E-state index contributed by atoms with van der Waals surface area (Å²) in [5, 5.41) is 7.16. The Morgan fingerprint density at radius 1 is 1.06 bits per heavy atom. The summed E-state index contributed by atoms with van der Waals surface area (Å²) in [7, 11) is -1.13. The van der Waals surface area contributed by atoms with Crippen LogP contribution in [0.3, 0.4) is 0 Å². The molecule has 0 bridgehead atoms. The van der Waals surface area contributed by atoms with Crippen LogP contribution in [0.1, 0.15) is 0 Å². The Kier molecular flexibility index (Phi) is 6.07. The lowest BCUT2D eigenvalue weighted by Crippen LogP contribution is -2.21. The fraction of sp³-hybridized carbons (Fsp3) is 0.250. The van der Waals surface area contributed by atoms with Gasteiger partial charge in [0, 0.05) is 32.5 Å². The average molecular weight is 493 g/mol. The number of aromatic nitrogens is 6. The molecular weight excluding hydrogens is 468 g/mol. The Bertz CT molecular complexity index is 1450. The lowest BCUT2D eigenvalue weighted by atomic mass is 10.2. The van der Waals surface area contributed by atoms with Gasteiger partial charge in [-0.2, -0.15) is 5.10 Å². The first-order chi connectivity index (χ1) is 16.4. The molecule has 0 aliphatic carbocycles. The van der Waals surface area contributed by atoms with Gasteiger partial charge in [0.15, 0.2) is 0 Å². The number of benzene rings is 2. The van der Waals surface area contributed by atoms with Gasteiger partial charge in [-0.25, -0.2) is 9.97 Å². The number of hydrogen-bond acceptors (Lipinski definition) is 6. The summed E-state index contributed by atoms with van der Waals surface area (Å²) >= 11 is 6.69. The Labute approximate surface area is 202 Å². The van der Waals surface area contributed by atoms with Crippen molar-refractivity contribution in [2.24, 2.45) is 0 Å². The van der Waals surface area contributed by atoms with E-state index in [2.05, 4.69) is 44.8 Å². The molecule has 0 saturated heterocycles. The molecule has 2 aromatic carbocycles. The Balaban J connectivity index is 1.39. The molecule has 3 heterocycles. The molecule has 3 aromatic heterocycles. The molecule has 8 nitrogen and oxygen atoms in total. The maximum Gasteiger partial charge on any atom is 0.148 e. The zero-order chi connectivity index (χ0) is 23.7. The predicted octanol–water partition coefficient (Wildman–Crippen LogP) is 6.13. The van der Waals surface area contributed by atoms with Gasteiger partial charge >= 0.3 is 0 Å². The lowest BCUT2D eigenvalue weighted by Gasteiger charge is -2.15. The summed E-state index contributed by atoms with van der Waals surface area (Å²) in [4.78, 5) is 13.6. The summed E-state index contributed by atoms with van der Waals surface area (Å²) in [6.45, 7) is 8.23. The maximum absolute atomic E-state index is 6.69. The summed E-state index contributed by atoms with van der Waals surface area (Å²) in [6.07, 6.45) is 6.94. The number of hydrogen-bond donors (Lipinski definition) is 1. The summed E-state index contributed by atoms with van der Waals surface area (Å²) in [5.41, 5.74) is 4.58. The highest BCUT2D eigenvalue weighted by Crippen LogP contribution is 2.35. The van der Waals surface area contributed by atoms with E-state index in [1.54, 1.807) is 31.0 Å². The van der Waals surface area contributed by atoms with Crippen LogP contribution in [0.15, 0.2) is 55.2 Å². The predicted molar refractivity (Wildman–Crippen MR) is 136 cm³/mol. The van der Waals surface area contributed by atoms with E-state index >= 15 is 0 Å². The molecule has 0 radical (unpaired) electrons. The van der Waals surface area contributed by atoms with E-state index in [1.807, 2.05) is 28.8 Å². The number of ether oxygens (including phenoxy) is 2. The third kappa shape index (κ3) is 4.81. The molecule has 10 heteroatoms. The lowest BCUT2D eigenvalue weighted by molar-refractivity contribution is 0.0898. The van der Waals surface area contributed by atoms with Crippen LogP contribution >= 0.6 is 11.6 Å². The summed E-state index contributed by atoms with van der Waals surface area (Å²) < 4.78 is 14.0. The zero-order valence-electron chi connectivity index (χ0n) is 19.2. The zero-order valence-corrected chi connectivity index (χ0v) is 21.0. The molecule has 0 spiro atoms. The number of rotatable bonds is 8. The standard InChI is InChI=1S/C24H25ClN6O2Si/c1-34(2,3)9-8-32-15-31-14-27-18-5-4-17(10-21(18)31)33-22-7-6-19-24(23(22)25)30-20(13-26-19)16-11-28-29-12-16/h4-7,10-14H,8-9,15H2,1-3H3,(H,28,29). The molecule has 0 amide bonds. The van der Waals surface area contributed by atoms with Gasteiger partial charge in [0.2, 0.25) is 0 Å². The SMILES string of the molecule is C[Si](C)(C)CCOCn1cnc2ccc(Oc3ccc4ncc(-c5cn[nH]c5)nc4c3Cl)cc21. The Morgan fingerprint density at radius 2 is 1.91 bits per heavy atom. The van der Waals surface area contributed by atoms with Crippen molar-refractivity contribution in [3.05, 3.63) is 60.3 Å². The normalized spacial score (nSPS) is 12.0. The fourth-order valence-corrected chi connectivity index (χ4v) is 4.50. The van der Waals surface area contributed by atoms with E-state index in [9.17, 15) is 0 Å². The first kappa shape index (κ1) is 22.5. The molecule has 0 fully saturated rings.